The quantitative estimate of drug-likeness (QED) is 0.0199. The van der Waals surface area contributed by atoms with Gasteiger partial charge in [0.2, 0.25) is 5.91 Å². The van der Waals surface area contributed by atoms with Crippen molar-refractivity contribution < 1.29 is 89.4 Å². The van der Waals surface area contributed by atoms with Gasteiger partial charge < -0.3 is 89.9 Å². The van der Waals surface area contributed by atoms with Gasteiger partial charge in [-0.2, -0.15) is 0 Å². The Hall–Kier alpha value is -3.55. The summed E-state index contributed by atoms with van der Waals surface area (Å²) in [6, 6.07) is -1.01. The lowest BCUT2D eigenvalue weighted by Crippen LogP contribution is -2.66. The molecule has 3 aliphatic rings. The average molecular weight is 1300 g/mol. The molecule has 0 radical (unpaired) electrons. The van der Waals surface area contributed by atoms with E-state index in [4.69, 9.17) is 28.4 Å². The van der Waals surface area contributed by atoms with Crippen LogP contribution in [0.3, 0.4) is 0 Å². The van der Waals surface area contributed by atoms with Gasteiger partial charge >= 0.3 is 0 Å². The number of unbranched alkanes of at least 4 members (excludes halogenated alkanes) is 20. The van der Waals surface area contributed by atoms with Gasteiger partial charge in [-0.3, -0.25) is 4.79 Å². The van der Waals surface area contributed by atoms with Crippen LogP contribution in [-0.2, 0) is 33.2 Å². The third-order valence-electron chi connectivity index (χ3n) is 16.8. The van der Waals surface area contributed by atoms with E-state index in [0.29, 0.717) is 12.8 Å². The maximum atomic E-state index is 13.4. The summed E-state index contributed by atoms with van der Waals surface area (Å²) in [7, 11) is 0. The van der Waals surface area contributed by atoms with Crippen molar-refractivity contribution >= 4 is 5.91 Å². The number of ether oxygens (including phenoxy) is 6. The first-order valence-electron chi connectivity index (χ1n) is 35.1. The SMILES string of the molecule is CC/C=C\C/C=C\C/C=C\C/C=C\C/C=C\C/C=C\C/C=C\CCCCCCCC(=O)NC(COC1OC(CO)C(OC2OC(CO)C(OC3OC(CO)C(O)C(O)C3O)C(O)C2O)C(O)C1O)C(O)/C=C/CC/C=C/CCCCCCCCCCCCCCCC. The number of hydrogen-bond donors (Lipinski definition) is 12. The highest BCUT2D eigenvalue weighted by Gasteiger charge is 2.53. The van der Waals surface area contributed by atoms with Crippen molar-refractivity contribution in [1.82, 2.24) is 5.32 Å². The molecule has 3 fully saturated rings. The van der Waals surface area contributed by atoms with Gasteiger partial charge in [0.05, 0.1) is 38.6 Å². The fourth-order valence-electron chi connectivity index (χ4n) is 11.1. The van der Waals surface area contributed by atoms with Crippen LogP contribution in [0.2, 0.25) is 0 Å². The number of aliphatic hydroxyl groups excluding tert-OH is 11. The summed E-state index contributed by atoms with van der Waals surface area (Å²) in [5.41, 5.74) is 0. The molecule has 92 heavy (non-hydrogen) atoms. The number of nitrogens with one attached hydrogen (secondary N) is 1. The smallest absolute Gasteiger partial charge is 0.220 e. The van der Waals surface area contributed by atoms with E-state index in [1.54, 1.807) is 6.08 Å². The maximum absolute atomic E-state index is 13.4. The summed E-state index contributed by atoms with van der Waals surface area (Å²) in [6.45, 7) is 1.58. The Morgan fingerprint density at radius 1 is 0.402 bits per heavy atom. The zero-order valence-electron chi connectivity index (χ0n) is 55.7. The van der Waals surface area contributed by atoms with Gasteiger partial charge in [0.15, 0.2) is 18.9 Å². The molecule has 528 valence electrons. The first-order valence-corrected chi connectivity index (χ1v) is 35.1. The molecule has 19 nitrogen and oxygen atoms in total. The number of allylic oxidation sites excluding steroid dienone is 17. The van der Waals surface area contributed by atoms with Gasteiger partial charge in [0, 0.05) is 6.42 Å². The highest BCUT2D eigenvalue weighted by atomic mass is 16.8. The van der Waals surface area contributed by atoms with Crippen LogP contribution in [0.15, 0.2) is 109 Å². The maximum Gasteiger partial charge on any atom is 0.220 e. The van der Waals surface area contributed by atoms with Crippen LogP contribution >= 0.6 is 0 Å². The summed E-state index contributed by atoms with van der Waals surface area (Å²) in [4.78, 5) is 13.4. The second kappa shape index (κ2) is 53.6. The molecule has 17 atom stereocenters. The summed E-state index contributed by atoms with van der Waals surface area (Å²) >= 11 is 0. The summed E-state index contributed by atoms with van der Waals surface area (Å²) in [5.74, 6) is -0.308. The van der Waals surface area contributed by atoms with Crippen LogP contribution < -0.4 is 5.32 Å². The second-order valence-electron chi connectivity index (χ2n) is 24.6. The Kier molecular flexibility index (Phi) is 48.1. The van der Waals surface area contributed by atoms with Crippen LogP contribution in [0, 0.1) is 0 Å². The zero-order chi connectivity index (χ0) is 66.8. The fraction of sp³-hybridized carbons (Fsp3) is 0.740. The second-order valence-corrected chi connectivity index (χ2v) is 24.6. The minimum Gasteiger partial charge on any atom is -0.394 e. The molecule has 1 amide bonds. The van der Waals surface area contributed by atoms with E-state index in [9.17, 15) is 61.0 Å². The predicted octanol–water partition coefficient (Wildman–Crippen LogP) is 9.44. The molecule has 0 aliphatic carbocycles. The van der Waals surface area contributed by atoms with E-state index in [1.165, 1.54) is 83.5 Å². The monoisotopic (exact) mass is 1300 g/mol. The Morgan fingerprint density at radius 3 is 1.22 bits per heavy atom. The molecule has 17 unspecified atom stereocenters. The molecule has 0 aromatic heterocycles. The fourth-order valence-corrected chi connectivity index (χ4v) is 11.1. The number of carbonyl (C=O) groups is 1. The minimum absolute atomic E-state index is 0.206. The van der Waals surface area contributed by atoms with Crippen LogP contribution in [-0.4, -0.2) is 193 Å². The van der Waals surface area contributed by atoms with Crippen molar-refractivity contribution in [3.63, 3.8) is 0 Å². The van der Waals surface area contributed by atoms with E-state index in [-0.39, 0.29) is 18.9 Å². The molecule has 0 bridgehead atoms. The average Bonchev–Trinajstić information content (AvgIpc) is 0.854. The van der Waals surface area contributed by atoms with Crippen molar-refractivity contribution in [3.05, 3.63) is 109 Å². The largest absolute Gasteiger partial charge is 0.394 e. The Bertz CT molecular complexity index is 2090. The molecule has 3 heterocycles. The minimum atomic E-state index is -1.99. The first kappa shape index (κ1) is 82.7. The topological polar surface area (TPSA) is 307 Å². The van der Waals surface area contributed by atoms with E-state index in [0.717, 1.165) is 96.3 Å². The lowest BCUT2D eigenvalue weighted by atomic mass is 9.96. The first-order chi connectivity index (χ1) is 44.8. The number of aliphatic hydroxyl groups is 11. The van der Waals surface area contributed by atoms with Gasteiger partial charge in [0.25, 0.3) is 0 Å². The van der Waals surface area contributed by atoms with Crippen molar-refractivity contribution in [1.29, 1.82) is 0 Å². The number of carbonyl (C=O) groups excluding carboxylic acids is 1. The third kappa shape index (κ3) is 34.9. The Morgan fingerprint density at radius 2 is 0.761 bits per heavy atom. The molecule has 0 aromatic carbocycles. The zero-order valence-corrected chi connectivity index (χ0v) is 55.7. The molecule has 12 N–H and O–H groups in total. The summed E-state index contributed by atoms with van der Waals surface area (Å²) in [6.07, 6.45) is 44.8. The Labute approximate surface area is 551 Å². The Balaban J connectivity index is 1.46. The molecule has 3 aliphatic heterocycles. The molecule has 3 saturated heterocycles. The van der Waals surface area contributed by atoms with E-state index < -0.39 is 124 Å². The molecule has 3 rings (SSSR count). The van der Waals surface area contributed by atoms with Gasteiger partial charge in [0.1, 0.15) is 73.2 Å². The standard InChI is InChI=1S/C73H123NO18/c1-3-5-7-9-11-13-15-17-19-21-23-25-26-27-28-29-30-31-33-35-37-39-41-43-45-47-49-51-61(79)74-56(57(78)50-48-46-44-42-40-38-36-34-32-24-22-20-18-16-14-12-10-8-6-4-2)55-87-71-67(85)64(82)69(59(53-76)89-71)92-73-68(86)65(83)70(60(54-77)90-73)91-72-66(84)63(81)62(80)58(52-75)88-72/h5,7,11,13,17,19,23,25,27-28,30-31,35,37,40,42,48,50,56-60,62-73,75-78,80-86H,3-4,6,8-10,12,14-16,18,20-22,24,26,29,32-34,36,38-39,41,43-47,49,51-55H2,1-2H3,(H,74,79)/b7-5-,13-11-,19-17-,25-23-,28-27-,31-30-,37-35-,42-40+,50-48+. The molecule has 0 saturated carbocycles. The third-order valence-corrected chi connectivity index (χ3v) is 16.8. The molecule has 0 spiro atoms. The highest BCUT2D eigenvalue weighted by Crippen LogP contribution is 2.33. The van der Waals surface area contributed by atoms with Gasteiger partial charge in [-0.1, -0.05) is 226 Å². The lowest BCUT2D eigenvalue weighted by molar-refractivity contribution is -0.379. The van der Waals surface area contributed by atoms with Crippen molar-refractivity contribution in [3.8, 4) is 0 Å². The molecular weight excluding hydrogens is 1180 g/mol. The number of hydrogen-bond acceptors (Lipinski definition) is 18. The predicted molar refractivity (Wildman–Crippen MR) is 360 cm³/mol. The van der Waals surface area contributed by atoms with E-state index in [2.05, 4.69) is 116 Å². The van der Waals surface area contributed by atoms with Gasteiger partial charge in [-0.15, -0.1) is 0 Å². The lowest BCUT2D eigenvalue weighted by Gasteiger charge is -2.48. The van der Waals surface area contributed by atoms with Crippen molar-refractivity contribution in [2.75, 3.05) is 26.4 Å². The van der Waals surface area contributed by atoms with Crippen LogP contribution in [0.5, 0.6) is 0 Å². The summed E-state index contributed by atoms with van der Waals surface area (Å²) in [5, 5.41) is 121. The van der Waals surface area contributed by atoms with Crippen LogP contribution in [0.4, 0.5) is 0 Å². The van der Waals surface area contributed by atoms with Crippen LogP contribution in [0.25, 0.3) is 0 Å². The molecule has 19 heteroatoms. The normalized spacial score (nSPS) is 28.4. The summed E-state index contributed by atoms with van der Waals surface area (Å²) < 4.78 is 34.3. The molecular formula is C73H123NO18. The molecule has 0 aromatic rings. The number of amides is 1. The van der Waals surface area contributed by atoms with Gasteiger partial charge in [-0.25, -0.2) is 0 Å². The van der Waals surface area contributed by atoms with Crippen molar-refractivity contribution in [2.45, 2.75) is 317 Å². The van der Waals surface area contributed by atoms with Crippen molar-refractivity contribution in [2.24, 2.45) is 0 Å². The van der Waals surface area contributed by atoms with E-state index >= 15 is 0 Å². The van der Waals surface area contributed by atoms with Crippen LogP contribution in [0.1, 0.15) is 213 Å². The van der Waals surface area contributed by atoms with E-state index in [1.807, 2.05) is 6.08 Å². The van der Waals surface area contributed by atoms with Gasteiger partial charge in [-0.05, 0) is 89.9 Å². The highest BCUT2D eigenvalue weighted by molar-refractivity contribution is 5.76. The number of rotatable bonds is 52.